The molecule has 9 aromatic carbocycles. The molecule has 0 unspecified atom stereocenters. The number of hydrogen-bond donors (Lipinski definition) is 0. The molecule has 2 nitrogen and oxygen atoms in total. The highest BCUT2D eigenvalue weighted by Gasteiger charge is 2.17. The first-order valence-corrected chi connectivity index (χ1v) is 17.8. The molecule has 0 bridgehead atoms. The molecular weight excluding hydrogens is 631 g/mol. The van der Waals surface area contributed by atoms with E-state index in [-0.39, 0.29) is 0 Å². The van der Waals surface area contributed by atoms with Crippen molar-refractivity contribution in [1.82, 2.24) is 0 Å². The Balaban J connectivity index is 1.09. The van der Waals surface area contributed by atoms with Gasteiger partial charge in [-0.3, -0.25) is 0 Å². The van der Waals surface area contributed by atoms with Crippen molar-refractivity contribution in [3.63, 3.8) is 0 Å². The maximum Gasteiger partial charge on any atom is 0.136 e. The summed E-state index contributed by atoms with van der Waals surface area (Å²) in [7, 11) is 0. The van der Waals surface area contributed by atoms with Crippen LogP contribution in [0, 0.1) is 0 Å². The lowest BCUT2D eigenvalue weighted by Gasteiger charge is -2.26. The molecule has 0 spiro atoms. The van der Waals surface area contributed by atoms with Crippen molar-refractivity contribution in [2.75, 3.05) is 4.90 Å². The zero-order valence-electron chi connectivity index (χ0n) is 28.4. The Morgan fingerprint density at radius 3 is 1.60 bits per heavy atom. The van der Waals surface area contributed by atoms with E-state index < -0.39 is 0 Å². The summed E-state index contributed by atoms with van der Waals surface area (Å²) < 4.78 is 6.39. The second kappa shape index (κ2) is 12.5. The van der Waals surface area contributed by atoms with Crippen molar-refractivity contribution in [2.24, 2.45) is 0 Å². The van der Waals surface area contributed by atoms with Gasteiger partial charge >= 0.3 is 0 Å². The Morgan fingerprint density at radius 1 is 0.308 bits per heavy atom. The Labute approximate surface area is 302 Å². The Morgan fingerprint density at radius 2 is 0.865 bits per heavy atom. The molecule has 0 aliphatic carbocycles. The summed E-state index contributed by atoms with van der Waals surface area (Å²) in [4.78, 5) is 2.35. The van der Waals surface area contributed by atoms with Crippen molar-refractivity contribution < 1.29 is 4.42 Å². The number of nitrogens with zero attached hydrogens (tertiary/aromatic N) is 1. The van der Waals surface area contributed by atoms with Gasteiger partial charge < -0.3 is 9.32 Å². The summed E-state index contributed by atoms with van der Waals surface area (Å²) >= 11 is 0. The highest BCUT2D eigenvalue weighted by molar-refractivity contribution is 6.22. The smallest absolute Gasteiger partial charge is 0.136 e. The van der Waals surface area contributed by atoms with Gasteiger partial charge in [-0.05, 0) is 110 Å². The van der Waals surface area contributed by atoms with Gasteiger partial charge in [-0.25, -0.2) is 0 Å². The fourth-order valence-corrected chi connectivity index (χ4v) is 7.67. The number of anilines is 3. The van der Waals surface area contributed by atoms with Crippen molar-refractivity contribution in [3.8, 4) is 33.4 Å². The SMILES string of the molecule is c1ccc(-c2ccc(N(c3ccc(-c4ccc5c(c4)c(-c4ccccc4)cc4oc6ccccc6c45)cc3)c3ccc4ccccc4c3)cc2)cc1. The van der Waals surface area contributed by atoms with Crippen LogP contribution in [0.4, 0.5) is 17.1 Å². The molecule has 0 aliphatic heterocycles. The van der Waals surface area contributed by atoms with Crippen molar-refractivity contribution >= 4 is 60.5 Å². The summed E-state index contributed by atoms with van der Waals surface area (Å²) in [6, 6.07) is 71.7. The normalized spacial score (nSPS) is 11.5. The van der Waals surface area contributed by atoms with E-state index in [4.69, 9.17) is 4.42 Å². The largest absolute Gasteiger partial charge is 0.456 e. The van der Waals surface area contributed by atoms with Gasteiger partial charge in [0.1, 0.15) is 11.2 Å². The Bertz CT molecular complexity index is 2870. The lowest BCUT2D eigenvalue weighted by atomic mass is 9.92. The molecule has 0 radical (unpaired) electrons. The molecule has 0 atom stereocenters. The summed E-state index contributed by atoms with van der Waals surface area (Å²) in [5, 5.41) is 7.16. The quantitative estimate of drug-likeness (QED) is 0.176. The molecule has 0 amide bonds. The van der Waals surface area contributed by atoms with E-state index in [1.807, 2.05) is 6.07 Å². The van der Waals surface area contributed by atoms with Crippen LogP contribution in [-0.2, 0) is 0 Å². The minimum atomic E-state index is 0.911. The second-order valence-electron chi connectivity index (χ2n) is 13.3. The molecule has 52 heavy (non-hydrogen) atoms. The summed E-state index contributed by atoms with van der Waals surface area (Å²) in [6.07, 6.45) is 0. The molecule has 2 heteroatoms. The van der Waals surface area contributed by atoms with Crippen LogP contribution in [0.1, 0.15) is 0 Å². The van der Waals surface area contributed by atoms with Gasteiger partial charge in [0.05, 0.1) is 0 Å². The second-order valence-corrected chi connectivity index (χ2v) is 13.3. The fourth-order valence-electron chi connectivity index (χ4n) is 7.67. The van der Waals surface area contributed by atoms with Crippen LogP contribution >= 0.6 is 0 Å². The molecule has 0 N–H and O–H groups in total. The molecule has 0 saturated heterocycles. The van der Waals surface area contributed by atoms with E-state index >= 15 is 0 Å². The molecule has 0 fully saturated rings. The van der Waals surface area contributed by atoms with Crippen LogP contribution in [0.2, 0.25) is 0 Å². The van der Waals surface area contributed by atoms with Crippen molar-refractivity contribution in [1.29, 1.82) is 0 Å². The van der Waals surface area contributed by atoms with Crippen LogP contribution in [0.15, 0.2) is 205 Å². The lowest BCUT2D eigenvalue weighted by molar-refractivity contribution is 0.669. The van der Waals surface area contributed by atoms with Gasteiger partial charge in [-0.15, -0.1) is 0 Å². The maximum absolute atomic E-state index is 6.39. The molecule has 244 valence electrons. The van der Waals surface area contributed by atoms with Crippen LogP contribution < -0.4 is 4.90 Å². The maximum atomic E-state index is 6.39. The molecule has 10 rings (SSSR count). The van der Waals surface area contributed by atoms with E-state index in [0.717, 1.165) is 39.0 Å². The monoisotopic (exact) mass is 663 g/mol. The standard InChI is InChI=1S/C50H33NO/c1-3-11-34(12-4-1)36-19-25-41(26-20-36)51(43-29-23-35-13-7-8-16-39(35)31-43)42-27-21-37(22-28-42)40-24-30-44-47(32-40)46(38-14-5-2-6-15-38)33-49-50(44)45-17-9-10-18-48(45)52-49/h1-33H. The zero-order valence-corrected chi connectivity index (χ0v) is 28.4. The van der Waals surface area contributed by atoms with Crippen LogP contribution in [0.5, 0.6) is 0 Å². The van der Waals surface area contributed by atoms with Gasteiger partial charge in [0.15, 0.2) is 0 Å². The third kappa shape index (κ3) is 5.21. The Hall–Kier alpha value is -6.90. The zero-order chi connectivity index (χ0) is 34.4. The number of rotatable bonds is 6. The first-order valence-electron chi connectivity index (χ1n) is 17.8. The van der Waals surface area contributed by atoms with Crippen molar-refractivity contribution in [3.05, 3.63) is 200 Å². The molecule has 0 aliphatic rings. The average Bonchev–Trinajstić information content (AvgIpc) is 3.60. The molecular formula is C50H33NO. The third-order valence-corrected chi connectivity index (χ3v) is 10.2. The first-order chi connectivity index (χ1) is 25.8. The van der Waals surface area contributed by atoms with Gasteiger partial charge in [0, 0.05) is 27.8 Å². The minimum Gasteiger partial charge on any atom is -0.456 e. The predicted octanol–water partition coefficient (Wildman–Crippen LogP) is 14.4. The first kappa shape index (κ1) is 30.0. The predicted molar refractivity (Wildman–Crippen MR) is 220 cm³/mol. The number of hydrogen-bond acceptors (Lipinski definition) is 2. The number of furan rings is 1. The topological polar surface area (TPSA) is 16.4 Å². The number of benzene rings is 9. The van der Waals surface area contributed by atoms with Crippen LogP contribution in [0.3, 0.4) is 0 Å². The number of fused-ring (bicyclic) bond motifs is 6. The summed E-state index contributed by atoms with van der Waals surface area (Å²) in [5.74, 6) is 0. The molecule has 10 aromatic rings. The van der Waals surface area contributed by atoms with E-state index in [1.165, 1.54) is 54.9 Å². The molecule has 0 saturated carbocycles. The van der Waals surface area contributed by atoms with Gasteiger partial charge in [0.2, 0.25) is 0 Å². The van der Waals surface area contributed by atoms with E-state index in [9.17, 15) is 0 Å². The highest BCUT2D eigenvalue weighted by atomic mass is 16.3. The molecule has 1 heterocycles. The summed E-state index contributed by atoms with van der Waals surface area (Å²) in [6.45, 7) is 0. The minimum absolute atomic E-state index is 0.911. The lowest BCUT2D eigenvalue weighted by Crippen LogP contribution is -2.09. The fraction of sp³-hybridized carbons (Fsp3) is 0. The van der Waals surface area contributed by atoms with Crippen molar-refractivity contribution in [2.45, 2.75) is 0 Å². The van der Waals surface area contributed by atoms with Crippen LogP contribution in [-0.4, -0.2) is 0 Å². The van der Waals surface area contributed by atoms with Gasteiger partial charge in [-0.2, -0.15) is 0 Å². The number of para-hydroxylation sites is 1. The molecule has 1 aromatic heterocycles. The van der Waals surface area contributed by atoms with E-state index in [0.29, 0.717) is 0 Å². The highest BCUT2D eigenvalue weighted by Crippen LogP contribution is 2.42. The van der Waals surface area contributed by atoms with Crippen LogP contribution in [0.25, 0.3) is 76.9 Å². The van der Waals surface area contributed by atoms with Gasteiger partial charge in [0.25, 0.3) is 0 Å². The van der Waals surface area contributed by atoms with Gasteiger partial charge in [-0.1, -0.05) is 146 Å². The Kier molecular flexibility index (Phi) is 7.18. The van der Waals surface area contributed by atoms with E-state index in [1.54, 1.807) is 0 Å². The average molecular weight is 664 g/mol. The summed E-state index contributed by atoms with van der Waals surface area (Å²) in [5.41, 5.74) is 12.2. The third-order valence-electron chi connectivity index (χ3n) is 10.2. The van der Waals surface area contributed by atoms with E-state index in [2.05, 4.69) is 199 Å².